The zero-order chi connectivity index (χ0) is 15.8. The lowest BCUT2D eigenvalue weighted by molar-refractivity contribution is 0.0580. The Morgan fingerprint density at radius 1 is 1.05 bits per heavy atom. The van der Waals surface area contributed by atoms with E-state index in [1.165, 1.54) is 0 Å². The van der Waals surface area contributed by atoms with Crippen LogP contribution in [0.1, 0.15) is 32.6 Å². The van der Waals surface area contributed by atoms with Crippen molar-refractivity contribution in [2.24, 2.45) is 17.2 Å². The minimum atomic E-state index is -0.833. The summed E-state index contributed by atoms with van der Waals surface area (Å²) in [5.74, 6) is 0. The van der Waals surface area contributed by atoms with Crippen molar-refractivity contribution in [2.45, 2.75) is 32.6 Å². The Kier molecular flexibility index (Phi) is 15.0. The molecule has 9 nitrogen and oxygen atoms in total. The summed E-state index contributed by atoms with van der Waals surface area (Å²) < 4.78 is 13.6. The molecule has 0 saturated carbocycles. The fourth-order valence-corrected chi connectivity index (χ4v) is 1.05. The average molecular weight is 293 g/mol. The number of ether oxygens (including phenoxy) is 3. The first-order valence-electron chi connectivity index (χ1n) is 6.16. The first kappa shape index (κ1) is 20.1. The maximum Gasteiger partial charge on any atom is 0.508 e. The van der Waals surface area contributed by atoms with Gasteiger partial charge in [-0.2, -0.15) is 0 Å². The van der Waals surface area contributed by atoms with E-state index in [2.05, 4.69) is 21.9 Å². The van der Waals surface area contributed by atoms with Crippen LogP contribution in [-0.4, -0.2) is 38.1 Å². The summed E-state index contributed by atoms with van der Waals surface area (Å²) in [5, 5.41) is 0. The Balaban J connectivity index is 0. The molecular formula is C11H23N3O6. The van der Waals surface area contributed by atoms with Gasteiger partial charge in [0, 0.05) is 0 Å². The van der Waals surface area contributed by atoms with Crippen LogP contribution < -0.4 is 17.2 Å². The molecule has 1 rings (SSSR count). The summed E-state index contributed by atoms with van der Waals surface area (Å²) in [5.41, 5.74) is 13.0. The van der Waals surface area contributed by atoms with Crippen LogP contribution in [0.2, 0.25) is 0 Å². The highest BCUT2D eigenvalue weighted by Gasteiger charge is 2.04. The van der Waals surface area contributed by atoms with E-state index in [4.69, 9.17) is 14.3 Å². The number of carbonyl (C=O) groups is 3. The average Bonchev–Trinajstić information content (AvgIpc) is 2.43. The highest BCUT2D eigenvalue weighted by atomic mass is 16.7. The number of hydrogen-bond donors (Lipinski definition) is 3. The molecule has 0 unspecified atom stereocenters. The number of amides is 3. The Morgan fingerprint density at radius 2 is 1.45 bits per heavy atom. The third-order valence-electron chi connectivity index (χ3n) is 1.77. The van der Waals surface area contributed by atoms with Crippen molar-refractivity contribution in [3.05, 3.63) is 0 Å². The first-order valence-corrected chi connectivity index (χ1v) is 6.16. The van der Waals surface area contributed by atoms with Gasteiger partial charge in [0.2, 0.25) is 0 Å². The van der Waals surface area contributed by atoms with Crippen molar-refractivity contribution in [3.63, 3.8) is 0 Å². The zero-order valence-electron chi connectivity index (χ0n) is 11.6. The maximum atomic E-state index is 10.5. The summed E-state index contributed by atoms with van der Waals surface area (Å²) >= 11 is 0. The van der Waals surface area contributed by atoms with E-state index >= 15 is 0 Å². The molecule has 1 fully saturated rings. The monoisotopic (exact) mass is 293 g/mol. The topological polar surface area (TPSA) is 157 Å². The minimum absolute atomic E-state index is 0.356. The molecule has 0 bridgehead atoms. The van der Waals surface area contributed by atoms with Gasteiger partial charge in [0.15, 0.2) is 0 Å². The van der Waals surface area contributed by atoms with E-state index in [9.17, 15) is 9.59 Å². The minimum Gasteiger partial charge on any atom is -0.450 e. The number of primary amides is 3. The van der Waals surface area contributed by atoms with Crippen molar-refractivity contribution in [1.82, 2.24) is 0 Å². The number of carbonyl (C=O) groups excluding carboxylic acids is 3. The Labute approximate surface area is 117 Å². The molecule has 1 saturated heterocycles. The van der Waals surface area contributed by atoms with Crippen LogP contribution in [0.4, 0.5) is 14.4 Å². The number of cyclic esters (lactones) is 2. The van der Waals surface area contributed by atoms with Crippen LogP contribution in [0.3, 0.4) is 0 Å². The van der Waals surface area contributed by atoms with Crippen LogP contribution in [0.25, 0.3) is 0 Å². The lowest BCUT2D eigenvalue weighted by atomic mass is 10.2. The van der Waals surface area contributed by atoms with Gasteiger partial charge in [0.1, 0.15) is 0 Å². The van der Waals surface area contributed by atoms with Gasteiger partial charge >= 0.3 is 18.3 Å². The lowest BCUT2D eigenvalue weighted by Crippen LogP contribution is -2.18. The number of hydrogen-bond acceptors (Lipinski definition) is 6. The molecule has 0 radical (unpaired) electrons. The molecule has 9 heteroatoms. The van der Waals surface area contributed by atoms with E-state index in [0.29, 0.717) is 19.8 Å². The van der Waals surface area contributed by atoms with Gasteiger partial charge in [-0.1, -0.05) is 0 Å². The Morgan fingerprint density at radius 3 is 1.70 bits per heavy atom. The van der Waals surface area contributed by atoms with Gasteiger partial charge in [-0.25, -0.2) is 14.4 Å². The lowest BCUT2D eigenvalue weighted by Gasteiger charge is -2.00. The normalized spacial score (nSPS) is 14.2. The van der Waals surface area contributed by atoms with E-state index in [0.717, 1.165) is 25.7 Å². The van der Waals surface area contributed by atoms with E-state index in [1.807, 2.05) is 0 Å². The molecule has 1 heterocycles. The zero-order valence-corrected chi connectivity index (χ0v) is 11.6. The highest BCUT2D eigenvalue weighted by molar-refractivity contribution is 5.69. The van der Waals surface area contributed by atoms with Crippen molar-refractivity contribution in [2.75, 3.05) is 19.8 Å². The Hall–Kier alpha value is -2.19. The maximum absolute atomic E-state index is 10.5. The van der Waals surface area contributed by atoms with Gasteiger partial charge in [-0.05, 0) is 32.6 Å². The van der Waals surface area contributed by atoms with E-state index in [-0.39, 0.29) is 0 Å². The molecule has 0 aromatic heterocycles. The molecule has 0 atom stereocenters. The molecule has 0 aromatic rings. The molecular weight excluding hydrogens is 270 g/mol. The van der Waals surface area contributed by atoms with Gasteiger partial charge in [0.05, 0.1) is 19.8 Å². The van der Waals surface area contributed by atoms with Gasteiger partial charge in [-0.15, -0.1) is 0 Å². The van der Waals surface area contributed by atoms with Crippen LogP contribution in [-0.2, 0) is 14.2 Å². The standard InChI is InChI=1S/C7H12O3.C3H7NO2.CH4N2O/c8-7-9-5-3-1-2-4-6-10-7;1-2-6-3(4)5;2-1(3)4/h1-6H2;2H2,1H3,(H2,4,5);(H4,2,3,4). The van der Waals surface area contributed by atoms with Crippen LogP contribution >= 0.6 is 0 Å². The fraction of sp³-hybridized carbons (Fsp3) is 0.727. The summed E-state index contributed by atoms with van der Waals surface area (Å²) in [6.45, 7) is 3.08. The van der Waals surface area contributed by atoms with Crippen molar-refractivity contribution < 1.29 is 28.6 Å². The first-order chi connectivity index (χ1) is 9.40. The second kappa shape index (κ2) is 14.9. The molecule has 0 aromatic carbocycles. The predicted molar refractivity (Wildman–Crippen MR) is 70.7 cm³/mol. The fourth-order valence-electron chi connectivity index (χ4n) is 1.05. The molecule has 1 aliphatic heterocycles. The van der Waals surface area contributed by atoms with Gasteiger partial charge < -0.3 is 31.4 Å². The van der Waals surface area contributed by atoms with E-state index < -0.39 is 18.3 Å². The molecule has 1 aliphatic rings. The Bertz CT molecular complexity index is 269. The number of rotatable bonds is 1. The summed E-state index contributed by atoms with van der Waals surface area (Å²) in [7, 11) is 0. The predicted octanol–water partition coefficient (Wildman–Crippen LogP) is 0.839. The van der Waals surface area contributed by atoms with Crippen LogP contribution in [0.5, 0.6) is 0 Å². The SMILES string of the molecule is CCOC(N)=O.NC(N)=O.O=C1OCCCCCCO1. The number of urea groups is 1. The quantitative estimate of drug-likeness (QED) is 0.608. The summed E-state index contributed by atoms with van der Waals surface area (Å²) in [6, 6.07) is -0.833. The molecule has 118 valence electrons. The van der Waals surface area contributed by atoms with Crippen LogP contribution in [0.15, 0.2) is 0 Å². The molecule has 3 amide bonds. The van der Waals surface area contributed by atoms with E-state index in [1.54, 1.807) is 6.92 Å². The van der Waals surface area contributed by atoms with Crippen molar-refractivity contribution in [1.29, 1.82) is 0 Å². The molecule has 0 spiro atoms. The summed E-state index contributed by atoms with van der Waals surface area (Å²) in [4.78, 5) is 29.1. The third kappa shape index (κ3) is 24.9. The molecule has 20 heavy (non-hydrogen) atoms. The molecule has 6 N–H and O–H groups in total. The second-order valence-corrected chi connectivity index (χ2v) is 3.52. The van der Waals surface area contributed by atoms with Crippen molar-refractivity contribution >= 4 is 18.3 Å². The number of nitrogens with two attached hydrogens (primary N) is 3. The largest absolute Gasteiger partial charge is 0.508 e. The van der Waals surface area contributed by atoms with Crippen LogP contribution in [0, 0.1) is 0 Å². The van der Waals surface area contributed by atoms with Gasteiger partial charge in [-0.3, -0.25) is 0 Å². The molecule has 0 aliphatic carbocycles. The second-order valence-electron chi connectivity index (χ2n) is 3.52. The van der Waals surface area contributed by atoms with Crippen molar-refractivity contribution in [3.8, 4) is 0 Å². The smallest absolute Gasteiger partial charge is 0.450 e. The summed E-state index contributed by atoms with van der Waals surface area (Å²) in [6.07, 6.45) is 2.98. The van der Waals surface area contributed by atoms with Gasteiger partial charge in [0.25, 0.3) is 0 Å². The third-order valence-corrected chi connectivity index (χ3v) is 1.77. The highest BCUT2D eigenvalue weighted by Crippen LogP contribution is 2.04.